The van der Waals surface area contributed by atoms with Crippen molar-refractivity contribution in [3.8, 4) is 0 Å². The molecule has 0 unspecified atom stereocenters. The number of alkyl halides is 1. The summed E-state index contributed by atoms with van der Waals surface area (Å²) >= 11 is 3.40. The molecule has 0 aliphatic rings. The number of hydrogen-bond donors (Lipinski definition) is 1. The van der Waals surface area contributed by atoms with E-state index in [2.05, 4.69) is 29.1 Å². The van der Waals surface area contributed by atoms with Crippen molar-refractivity contribution in [3.63, 3.8) is 0 Å². The van der Waals surface area contributed by atoms with Crippen molar-refractivity contribution < 1.29 is 5.11 Å². The first-order valence-corrected chi connectivity index (χ1v) is 6.31. The molecule has 0 saturated carbocycles. The Morgan fingerprint density at radius 1 is 1.07 bits per heavy atom. The van der Waals surface area contributed by atoms with Crippen LogP contribution in [-0.2, 0) is 0 Å². The van der Waals surface area contributed by atoms with E-state index >= 15 is 0 Å². The largest absolute Gasteiger partial charge is 0.389 e. The van der Waals surface area contributed by atoms with Gasteiger partial charge >= 0.3 is 0 Å². The van der Waals surface area contributed by atoms with Crippen LogP contribution in [0.5, 0.6) is 0 Å². The summed E-state index contributed by atoms with van der Waals surface area (Å²) in [7, 11) is 0. The van der Waals surface area contributed by atoms with Crippen molar-refractivity contribution in [2.75, 3.05) is 5.33 Å². The van der Waals surface area contributed by atoms with Gasteiger partial charge < -0.3 is 5.11 Å². The van der Waals surface area contributed by atoms with Crippen LogP contribution in [0.3, 0.4) is 0 Å². The van der Waals surface area contributed by atoms with E-state index in [1.807, 2.05) is 0 Å². The highest BCUT2D eigenvalue weighted by molar-refractivity contribution is 9.09. The van der Waals surface area contributed by atoms with Crippen LogP contribution in [-0.4, -0.2) is 16.0 Å². The summed E-state index contributed by atoms with van der Waals surface area (Å²) in [6, 6.07) is 0. The maximum atomic E-state index is 10.2. The van der Waals surface area contributed by atoms with Crippen LogP contribution in [0.1, 0.15) is 38.5 Å². The standard InChI is InChI=1S/C12H21BrO/c1-3-8-12(14,9-4-2)10-6-5-7-11-13/h3-4,14H,1-2,5-11H2. The molecule has 0 atom stereocenters. The first-order valence-electron chi connectivity index (χ1n) is 5.18. The summed E-state index contributed by atoms with van der Waals surface area (Å²) in [5, 5.41) is 11.2. The lowest BCUT2D eigenvalue weighted by molar-refractivity contribution is 0.0349. The number of halogens is 1. The molecule has 0 spiro atoms. The van der Waals surface area contributed by atoms with Gasteiger partial charge in [-0.2, -0.15) is 0 Å². The van der Waals surface area contributed by atoms with Gasteiger partial charge in [0.1, 0.15) is 0 Å². The van der Waals surface area contributed by atoms with E-state index in [1.54, 1.807) is 12.2 Å². The average molecular weight is 261 g/mol. The van der Waals surface area contributed by atoms with Crippen LogP contribution in [0.25, 0.3) is 0 Å². The van der Waals surface area contributed by atoms with Gasteiger partial charge in [-0.15, -0.1) is 13.2 Å². The van der Waals surface area contributed by atoms with Crippen molar-refractivity contribution >= 4 is 15.9 Å². The number of aliphatic hydroxyl groups is 1. The Bertz CT molecular complexity index is 156. The van der Waals surface area contributed by atoms with Gasteiger partial charge in [-0.05, 0) is 25.7 Å². The quantitative estimate of drug-likeness (QED) is 0.380. The van der Waals surface area contributed by atoms with E-state index in [0.29, 0.717) is 12.8 Å². The van der Waals surface area contributed by atoms with E-state index in [-0.39, 0.29) is 0 Å². The Morgan fingerprint density at radius 3 is 2.07 bits per heavy atom. The zero-order valence-electron chi connectivity index (χ0n) is 8.84. The molecule has 0 rings (SSSR count). The van der Waals surface area contributed by atoms with E-state index in [1.165, 1.54) is 12.8 Å². The Hall–Kier alpha value is -0.0800. The van der Waals surface area contributed by atoms with Crippen LogP contribution in [0, 0.1) is 0 Å². The first-order chi connectivity index (χ1) is 6.68. The first kappa shape index (κ1) is 13.9. The van der Waals surface area contributed by atoms with Gasteiger partial charge in [0.05, 0.1) is 5.60 Å². The minimum atomic E-state index is -0.601. The smallest absolute Gasteiger partial charge is 0.0716 e. The molecule has 1 nitrogen and oxygen atoms in total. The summed E-state index contributed by atoms with van der Waals surface area (Å²) in [5.41, 5.74) is -0.601. The zero-order chi connectivity index (χ0) is 10.9. The Labute approximate surface area is 96.0 Å². The number of hydrogen-bond acceptors (Lipinski definition) is 1. The van der Waals surface area contributed by atoms with Crippen molar-refractivity contribution in [2.24, 2.45) is 0 Å². The van der Waals surface area contributed by atoms with Gasteiger partial charge in [0.2, 0.25) is 0 Å². The predicted molar refractivity (Wildman–Crippen MR) is 66.8 cm³/mol. The van der Waals surface area contributed by atoms with E-state index in [4.69, 9.17) is 0 Å². The summed E-state index contributed by atoms with van der Waals surface area (Å²) < 4.78 is 0. The van der Waals surface area contributed by atoms with E-state index in [0.717, 1.165) is 18.2 Å². The third-order valence-corrected chi connectivity index (χ3v) is 2.89. The van der Waals surface area contributed by atoms with Gasteiger partial charge in [-0.1, -0.05) is 40.9 Å². The normalized spacial score (nSPS) is 11.3. The number of rotatable bonds is 9. The molecular formula is C12H21BrO. The molecule has 0 bridgehead atoms. The van der Waals surface area contributed by atoms with Gasteiger partial charge in [-0.3, -0.25) is 0 Å². The Balaban J connectivity index is 3.82. The highest BCUT2D eigenvalue weighted by Crippen LogP contribution is 2.24. The average Bonchev–Trinajstić information content (AvgIpc) is 2.13. The fourth-order valence-corrected chi connectivity index (χ4v) is 1.95. The SMILES string of the molecule is C=CCC(O)(CC=C)CCCCCBr. The third-order valence-electron chi connectivity index (χ3n) is 2.32. The van der Waals surface area contributed by atoms with Gasteiger partial charge in [0.25, 0.3) is 0 Å². The predicted octanol–water partition coefficient (Wildman–Crippen LogP) is 3.83. The maximum Gasteiger partial charge on any atom is 0.0716 e. The molecule has 14 heavy (non-hydrogen) atoms. The summed E-state index contributed by atoms with van der Waals surface area (Å²) in [6.45, 7) is 7.34. The summed E-state index contributed by atoms with van der Waals surface area (Å²) in [5.74, 6) is 0. The van der Waals surface area contributed by atoms with Crippen molar-refractivity contribution in [2.45, 2.75) is 44.1 Å². The second-order valence-electron chi connectivity index (χ2n) is 3.71. The molecule has 0 radical (unpaired) electrons. The van der Waals surface area contributed by atoms with Crippen molar-refractivity contribution in [1.82, 2.24) is 0 Å². The fourth-order valence-electron chi connectivity index (χ4n) is 1.55. The molecule has 0 aliphatic heterocycles. The minimum Gasteiger partial charge on any atom is -0.389 e. The highest BCUT2D eigenvalue weighted by Gasteiger charge is 2.22. The van der Waals surface area contributed by atoms with Crippen LogP contribution < -0.4 is 0 Å². The highest BCUT2D eigenvalue weighted by atomic mass is 79.9. The lowest BCUT2D eigenvalue weighted by atomic mass is 9.89. The Morgan fingerprint density at radius 2 is 1.64 bits per heavy atom. The van der Waals surface area contributed by atoms with Crippen molar-refractivity contribution in [1.29, 1.82) is 0 Å². The molecule has 82 valence electrons. The lowest BCUT2D eigenvalue weighted by Crippen LogP contribution is -2.26. The molecule has 0 aliphatic carbocycles. The molecule has 0 aromatic heterocycles. The molecule has 0 heterocycles. The van der Waals surface area contributed by atoms with Crippen LogP contribution >= 0.6 is 15.9 Å². The number of unbranched alkanes of at least 4 members (excludes halogenated alkanes) is 2. The third kappa shape index (κ3) is 6.39. The molecule has 0 fully saturated rings. The van der Waals surface area contributed by atoms with E-state index < -0.39 is 5.60 Å². The second-order valence-corrected chi connectivity index (χ2v) is 4.50. The molecule has 0 aromatic rings. The second kappa shape index (κ2) is 8.25. The molecule has 1 N–H and O–H groups in total. The minimum absolute atomic E-state index is 0.601. The molecule has 0 saturated heterocycles. The molecular weight excluding hydrogens is 240 g/mol. The molecule has 2 heteroatoms. The maximum absolute atomic E-state index is 10.2. The lowest BCUT2D eigenvalue weighted by Gasteiger charge is -2.25. The van der Waals surface area contributed by atoms with Gasteiger partial charge in [0, 0.05) is 5.33 Å². The summed E-state index contributed by atoms with van der Waals surface area (Å²) in [6.07, 6.45) is 9.16. The molecule has 0 aromatic carbocycles. The van der Waals surface area contributed by atoms with Gasteiger partial charge in [0.15, 0.2) is 0 Å². The van der Waals surface area contributed by atoms with Crippen molar-refractivity contribution in [3.05, 3.63) is 25.3 Å². The Kier molecular flexibility index (Phi) is 8.20. The van der Waals surface area contributed by atoms with Crippen LogP contribution in [0.15, 0.2) is 25.3 Å². The van der Waals surface area contributed by atoms with E-state index in [9.17, 15) is 5.11 Å². The van der Waals surface area contributed by atoms with Crippen LogP contribution in [0.4, 0.5) is 0 Å². The fraction of sp³-hybridized carbons (Fsp3) is 0.667. The summed E-state index contributed by atoms with van der Waals surface area (Å²) in [4.78, 5) is 0. The zero-order valence-corrected chi connectivity index (χ0v) is 10.4. The monoisotopic (exact) mass is 260 g/mol. The van der Waals surface area contributed by atoms with Crippen LogP contribution in [0.2, 0.25) is 0 Å². The molecule has 0 amide bonds. The topological polar surface area (TPSA) is 20.2 Å². The van der Waals surface area contributed by atoms with Gasteiger partial charge in [-0.25, -0.2) is 0 Å².